The Balaban J connectivity index is 1.65. The molecular formula is C11H16N6O3. The van der Waals surface area contributed by atoms with Crippen LogP contribution in [-0.4, -0.2) is 55.2 Å². The van der Waals surface area contributed by atoms with Gasteiger partial charge < -0.3 is 15.3 Å². The van der Waals surface area contributed by atoms with Crippen LogP contribution in [0, 0.1) is 11.8 Å². The number of hydrogen-bond acceptors (Lipinski definition) is 5. The molecule has 1 aliphatic carbocycles. The minimum absolute atomic E-state index is 0.0865. The Labute approximate surface area is 114 Å². The summed E-state index contributed by atoms with van der Waals surface area (Å²) in [6.07, 6.45) is 2.94. The number of H-pyrrole nitrogens is 1. The molecule has 0 spiro atoms. The van der Waals surface area contributed by atoms with Crippen molar-refractivity contribution in [1.29, 1.82) is 0 Å². The first-order valence-electron chi connectivity index (χ1n) is 6.66. The number of nitrogens with one attached hydrogen (secondary N) is 2. The predicted octanol–water partition coefficient (Wildman–Crippen LogP) is -0.406. The van der Waals surface area contributed by atoms with Gasteiger partial charge in [0.25, 0.3) is 0 Å². The third-order valence-corrected chi connectivity index (χ3v) is 4.19. The highest BCUT2D eigenvalue weighted by Gasteiger charge is 2.49. The normalized spacial score (nSPS) is 28.4. The number of aromatic nitrogens is 4. The molecule has 2 aliphatic rings. The van der Waals surface area contributed by atoms with Crippen LogP contribution in [0.15, 0.2) is 0 Å². The van der Waals surface area contributed by atoms with E-state index in [-0.39, 0.29) is 18.5 Å². The standard InChI is InChI=1S/C11H16N6O3/c18-10(19)9-7-3-1-2-6(7)5-17(9)11(20)12-4-8-13-15-16-14-8/h6-7,9H,1-5H2,(H,12,20)(H,18,19)(H,13,14,15,16). The lowest BCUT2D eigenvalue weighted by Gasteiger charge is -2.24. The SMILES string of the molecule is O=C(O)C1C2CCCC2CN1C(=O)NCc1nn[nH]n1. The van der Waals surface area contributed by atoms with Crippen LogP contribution in [0.5, 0.6) is 0 Å². The lowest BCUT2D eigenvalue weighted by molar-refractivity contribution is -0.142. The second-order valence-electron chi connectivity index (χ2n) is 5.28. The van der Waals surface area contributed by atoms with Crippen molar-refractivity contribution in [2.75, 3.05) is 6.54 Å². The van der Waals surface area contributed by atoms with E-state index >= 15 is 0 Å². The van der Waals surface area contributed by atoms with E-state index in [9.17, 15) is 14.7 Å². The maximum Gasteiger partial charge on any atom is 0.326 e. The van der Waals surface area contributed by atoms with Crippen LogP contribution in [-0.2, 0) is 11.3 Å². The zero-order valence-electron chi connectivity index (χ0n) is 10.8. The van der Waals surface area contributed by atoms with Crippen molar-refractivity contribution in [2.24, 2.45) is 11.8 Å². The number of carbonyl (C=O) groups is 2. The summed E-state index contributed by atoms with van der Waals surface area (Å²) in [4.78, 5) is 25.0. The van der Waals surface area contributed by atoms with Gasteiger partial charge in [0, 0.05) is 6.54 Å². The average Bonchev–Trinajstić information content (AvgIpc) is 3.10. The summed E-state index contributed by atoms with van der Waals surface area (Å²) in [5.41, 5.74) is 0. The van der Waals surface area contributed by atoms with Crippen molar-refractivity contribution >= 4 is 12.0 Å². The molecule has 20 heavy (non-hydrogen) atoms. The van der Waals surface area contributed by atoms with Gasteiger partial charge in [-0.15, -0.1) is 10.2 Å². The highest BCUT2D eigenvalue weighted by atomic mass is 16.4. The number of carboxylic acid groups (broad SMARTS) is 1. The third kappa shape index (κ3) is 2.19. The number of carbonyl (C=O) groups excluding carboxylic acids is 1. The van der Waals surface area contributed by atoms with Crippen molar-refractivity contribution in [3.05, 3.63) is 5.82 Å². The molecule has 3 atom stereocenters. The summed E-state index contributed by atoms with van der Waals surface area (Å²) in [6, 6.07) is -1.09. The molecule has 0 radical (unpaired) electrons. The average molecular weight is 280 g/mol. The van der Waals surface area contributed by atoms with E-state index in [1.54, 1.807) is 0 Å². The summed E-state index contributed by atoms with van der Waals surface area (Å²) in [7, 11) is 0. The van der Waals surface area contributed by atoms with Crippen LogP contribution in [0.2, 0.25) is 0 Å². The third-order valence-electron chi connectivity index (χ3n) is 4.19. The molecule has 108 valence electrons. The van der Waals surface area contributed by atoms with Crippen LogP contribution >= 0.6 is 0 Å². The number of tetrazole rings is 1. The first-order valence-corrected chi connectivity index (χ1v) is 6.66. The molecule has 9 heteroatoms. The second kappa shape index (κ2) is 5.06. The molecule has 2 heterocycles. The molecule has 3 rings (SSSR count). The Morgan fingerprint density at radius 3 is 3.00 bits per heavy atom. The molecular weight excluding hydrogens is 264 g/mol. The smallest absolute Gasteiger partial charge is 0.326 e. The first kappa shape index (κ1) is 12.8. The summed E-state index contributed by atoms with van der Waals surface area (Å²) in [5, 5.41) is 25.2. The van der Waals surface area contributed by atoms with Gasteiger partial charge in [0.2, 0.25) is 0 Å². The van der Waals surface area contributed by atoms with Gasteiger partial charge in [-0.25, -0.2) is 9.59 Å². The number of aliphatic carboxylic acids is 1. The van der Waals surface area contributed by atoms with E-state index in [0.29, 0.717) is 18.3 Å². The topological polar surface area (TPSA) is 124 Å². The molecule has 1 aliphatic heterocycles. The molecule has 2 fully saturated rings. The monoisotopic (exact) mass is 280 g/mol. The largest absolute Gasteiger partial charge is 0.480 e. The van der Waals surface area contributed by atoms with Crippen LogP contribution in [0.25, 0.3) is 0 Å². The molecule has 2 amide bonds. The fraction of sp³-hybridized carbons (Fsp3) is 0.727. The number of nitrogens with zero attached hydrogens (tertiary/aromatic N) is 4. The van der Waals surface area contributed by atoms with Gasteiger partial charge in [0.05, 0.1) is 6.54 Å². The minimum Gasteiger partial charge on any atom is -0.480 e. The summed E-state index contributed by atoms with van der Waals surface area (Å²) in [5.74, 6) is -0.158. The number of amides is 2. The first-order chi connectivity index (χ1) is 9.66. The Hall–Kier alpha value is -2.19. The van der Waals surface area contributed by atoms with Gasteiger partial charge in [0.15, 0.2) is 5.82 Å². The fourth-order valence-corrected chi connectivity index (χ4v) is 3.34. The summed E-state index contributed by atoms with van der Waals surface area (Å²) >= 11 is 0. The van der Waals surface area contributed by atoms with Crippen molar-refractivity contribution in [1.82, 2.24) is 30.8 Å². The van der Waals surface area contributed by atoms with Crippen LogP contribution in [0.4, 0.5) is 4.79 Å². The molecule has 3 unspecified atom stereocenters. The number of hydrogen-bond donors (Lipinski definition) is 3. The summed E-state index contributed by atoms with van der Waals surface area (Å²) < 4.78 is 0. The maximum absolute atomic E-state index is 12.2. The van der Waals surface area contributed by atoms with E-state index in [2.05, 4.69) is 25.9 Å². The zero-order valence-corrected chi connectivity index (χ0v) is 10.8. The number of carboxylic acids is 1. The Morgan fingerprint density at radius 2 is 2.30 bits per heavy atom. The Kier molecular flexibility index (Phi) is 3.25. The van der Waals surface area contributed by atoms with Gasteiger partial charge >= 0.3 is 12.0 Å². The van der Waals surface area contributed by atoms with Gasteiger partial charge in [0.1, 0.15) is 6.04 Å². The Morgan fingerprint density at radius 1 is 1.45 bits per heavy atom. The maximum atomic E-state index is 12.2. The van der Waals surface area contributed by atoms with E-state index < -0.39 is 12.0 Å². The van der Waals surface area contributed by atoms with Crippen molar-refractivity contribution in [3.63, 3.8) is 0 Å². The lowest BCUT2D eigenvalue weighted by atomic mass is 9.94. The molecule has 3 N–H and O–H groups in total. The molecule has 1 saturated carbocycles. The van der Waals surface area contributed by atoms with E-state index in [0.717, 1.165) is 19.3 Å². The van der Waals surface area contributed by atoms with Crippen molar-refractivity contribution in [3.8, 4) is 0 Å². The van der Waals surface area contributed by atoms with Crippen LogP contribution in [0.1, 0.15) is 25.1 Å². The van der Waals surface area contributed by atoms with Gasteiger partial charge in [-0.05, 0) is 24.7 Å². The molecule has 1 saturated heterocycles. The minimum atomic E-state index is -0.922. The number of aromatic amines is 1. The number of fused-ring (bicyclic) bond motifs is 1. The van der Waals surface area contributed by atoms with E-state index in [4.69, 9.17) is 0 Å². The van der Waals surface area contributed by atoms with Crippen LogP contribution < -0.4 is 5.32 Å². The van der Waals surface area contributed by atoms with Crippen molar-refractivity contribution < 1.29 is 14.7 Å². The summed E-state index contributed by atoms with van der Waals surface area (Å²) in [6.45, 7) is 0.646. The lowest BCUT2D eigenvalue weighted by Crippen LogP contribution is -2.47. The van der Waals surface area contributed by atoms with Crippen molar-refractivity contribution in [2.45, 2.75) is 31.8 Å². The molecule has 9 nitrogen and oxygen atoms in total. The second-order valence-corrected chi connectivity index (χ2v) is 5.28. The molecule has 1 aromatic heterocycles. The molecule has 1 aromatic rings. The quantitative estimate of drug-likeness (QED) is 0.691. The number of likely N-dealkylation sites (tertiary alicyclic amines) is 1. The number of urea groups is 1. The van der Waals surface area contributed by atoms with E-state index in [1.165, 1.54) is 4.90 Å². The highest BCUT2D eigenvalue weighted by molar-refractivity contribution is 5.83. The van der Waals surface area contributed by atoms with E-state index in [1.807, 2.05) is 0 Å². The van der Waals surface area contributed by atoms with Crippen LogP contribution in [0.3, 0.4) is 0 Å². The highest BCUT2D eigenvalue weighted by Crippen LogP contribution is 2.42. The zero-order chi connectivity index (χ0) is 14.1. The fourth-order valence-electron chi connectivity index (χ4n) is 3.34. The predicted molar refractivity (Wildman–Crippen MR) is 65.4 cm³/mol. The Bertz CT molecular complexity index is 504. The molecule has 0 bridgehead atoms. The van der Waals surface area contributed by atoms with Gasteiger partial charge in [-0.2, -0.15) is 5.21 Å². The number of rotatable bonds is 3. The molecule has 0 aromatic carbocycles. The van der Waals surface area contributed by atoms with Gasteiger partial charge in [-0.1, -0.05) is 11.6 Å². The van der Waals surface area contributed by atoms with Gasteiger partial charge in [-0.3, -0.25) is 0 Å².